The molecule has 0 fully saturated rings. The monoisotopic (exact) mass is 477 g/mol. The number of nitrogens with zero attached hydrogens (tertiary/aromatic N) is 1. The molecule has 3 N–H and O–H groups in total. The largest absolute Gasteiger partial charge is 0.496 e. The maximum Gasteiger partial charge on any atom is 0.342 e. The van der Waals surface area contributed by atoms with Crippen LogP contribution in [0.1, 0.15) is 10.4 Å². The summed E-state index contributed by atoms with van der Waals surface area (Å²) in [7, 11) is 4.48. The van der Waals surface area contributed by atoms with E-state index >= 15 is 0 Å². The fourth-order valence-electron chi connectivity index (χ4n) is 2.72. The first-order valence-corrected chi connectivity index (χ1v) is 10.4. The molecule has 0 bridgehead atoms. The van der Waals surface area contributed by atoms with Crippen molar-refractivity contribution in [2.45, 2.75) is 0 Å². The number of amides is 1. The van der Waals surface area contributed by atoms with Gasteiger partial charge in [0.15, 0.2) is 23.2 Å². The number of anilines is 2. The molecule has 9 nitrogen and oxygen atoms in total. The van der Waals surface area contributed by atoms with Crippen LogP contribution in [0, 0.1) is 0 Å². The second-order valence-corrected chi connectivity index (χ2v) is 7.57. The Morgan fingerprint density at radius 3 is 2.47 bits per heavy atom. The Balaban J connectivity index is 1.63. The van der Waals surface area contributed by atoms with Gasteiger partial charge in [0.2, 0.25) is 0 Å². The predicted molar refractivity (Wildman–Crippen MR) is 122 cm³/mol. The van der Waals surface area contributed by atoms with Crippen LogP contribution in [0.3, 0.4) is 0 Å². The van der Waals surface area contributed by atoms with Gasteiger partial charge in [-0.2, -0.15) is 0 Å². The number of ether oxygens (including phenoxy) is 4. The average Bonchev–Trinajstić information content (AvgIpc) is 3.26. The van der Waals surface area contributed by atoms with Crippen LogP contribution >= 0.6 is 22.9 Å². The molecule has 3 aromatic rings. The first-order chi connectivity index (χ1) is 15.4. The number of benzene rings is 2. The molecule has 0 spiro atoms. The summed E-state index contributed by atoms with van der Waals surface area (Å²) in [6.07, 6.45) is 0. The highest BCUT2D eigenvalue weighted by molar-refractivity contribution is 7.14. The third-order valence-corrected chi connectivity index (χ3v) is 5.39. The first-order valence-electron chi connectivity index (χ1n) is 9.14. The summed E-state index contributed by atoms with van der Waals surface area (Å²) in [6, 6.07) is 8.11. The van der Waals surface area contributed by atoms with Crippen LogP contribution in [-0.2, 0) is 9.53 Å². The lowest BCUT2D eigenvalue weighted by atomic mass is 10.1. The van der Waals surface area contributed by atoms with E-state index in [1.807, 2.05) is 6.07 Å². The lowest BCUT2D eigenvalue weighted by Gasteiger charge is -2.10. The van der Waals surface area contributed by atoms with Crippen LogP contribution < -0.4 is 25.3 Å². The molecule has 1 aromatic heterocycles. The second-order valence-electron chi connectivity index (χ2n) is 6.31. The van der Waals surface area contributed by atoms with Crippen molar-refractivity contribution in [1.82, 2.24) is 4.98 Å². The summed E-state index contributed by atoms with van der Waals surface area (Å²) in [4.78, 5) is 28.9. The Bertz CT molecular complexity index is 1150. The Kier molecular flexibility index (Phi) is 7.39. The zero-order valence-corrected chi connectivity index (χ0v) is 19.0. The van der Waals surface area contributed by atoms with Gasteiger partial charge in [0.05, 0.1) is 37.7 Å². The van der Waals surface area contributed by atoms with Crippen LogP contribution in [-0.4, -0.2) is 44.8 Å². The van der Waals surface area contributed by atoms with Gasteiger partial charge in [0, 0.05) is 17.0 Å². The molecular formula is C21H20ClN3O6S. The van der Waals surface area contributed by atoms with Crippen LogP contribution in [0.25, 0.3) is 11.3 Å². The van der Waals surface area contributed by atoms with Gasteiger partial charge < -0.3 is 24.7 Å². The molecule has 1 amide bonds. The fraction of sp³-hybridized carbons (Fsp3) is 0.190. The number of hydrogen-bond donors (Lipinski definition) is 2. The number of nitrogen functional groups attached to an aromatic ring is 1. The Morgan fingerprint density at radius 1 is 1.06 bits per heavy atom. The van der Waals surface area contributed by atoms with Gasteiger partial charge in [-0.1, -0.05) is 11.6 Å². The molecule has 0 radical (unpaired) electrons. The van der Waals surface area contributed by atoms with Gasteiger partial charge in [0.1, 0.15) is 11.3 Å². The number of nitrogens with two attached hydrogens (primary N) is 1. The molecule has 0 saturated heterocycles. The number of thiazole rings is 1. The van der Waals surface area contributed by atoms with E-state index in [0.717, 1.165) is 5.56 Å². The van der Waals surface area contributed by atoms with Crippen molar-refractivity contribution in [3.8, 4) is 28.5 Å². The van der Waals surface area contributed by atoms with E-state index in [2.05, 4.69) is 10.3 Å². The second kappa shape index (κ2) is 10.2. The van der Waals surface area contributed by atoms with Crippen molar-refractivity contribution in [3.05, 3.63) is 46.3 Å². The summed E-state index contributed by atoms with van der Waals surface area (Å²) in [5, 5.41) is 4.90. The van der Waals surface area contributed by atoms with Gasteiger partial charge in [0.25, 0.3) is 5.91 Å². The molecule has 0 aliphatic rings. The van der Waals surface area contributed by atoms with E-state index in [1.54, 1.807) is 31.7 Å². The number of carbonyl (C=O) groups excluding carboxylic acids is 2. The van der Waals surface area contributed by atoms with Gasteiger partial charge >= 0.3 is 5.97 Å². The zero-order chi connectivity index (χ0) is 23.3. The molecule has 0 aliphatic carbocycles. The SMILES string of the molecule is COc1ccc(-c2csc(NC(=O)COC(=O)c3cc(Cl)c(N)cc3OC)n2)cc1OC. The molecule has 168 valence electrons. The number of methoxy groups -OCH3 is 3. The van der Waals surface area contributed by atoms with E-state index in [9.17, 15) is 9.59 Å². The standard InChI is InChI=1S/C21H20ClN3O6S/c1-28-16-5-4-11(6-18(16)30-3)15-10-32-21(24-15)25-19(26)9-31-20(27)12-7-13(22)14(23)8-17(12)29-2/h4-8,10H,9,23H2,1-3H3,(H,24,25,26). The average molecular weight is 478 g/mol. The quantitative estimate of drug-likeness (QED) is 0.370. The smallest absolute Gasteiger partial charge is 0.342 e. The molecule has 32 heavy (non-hydrogen) atoms. The highest BCUT2D eigenvalue weighted by Gasteiger charge is 2.18. The van der Waals surface area contributed by atoms with E-state index < -0.39 is 18.5 Å². The number of aromatic nitrogens is 1. The summed E-state index contributed by atoms with van der Waals surface area (Å²) in [5.74, 6) is 0.0301. The maximum atomic E-state index is 12.3. The highest BCUT2D eigenvalue weighted by Crippen LogP contribution is 2.33. The van der Waals surface area contributed by atoms with Crippen LogP contribution in [0.5, 0.6) is 17.2 Å². The molecule has 3 rings (SSSR count). The van der Waals surface area contributed by atoms with Gasteiger partial charge in [-0.15, -0.1) is 11.3 Å². The maximum absolute atomic E-state index is 12.3. The van der Waals surface area contributed by atoms with Crippen molar-refractivity contribution in [2.75, 3.05) is 39.0 Å². The number of nitrogens with one attached hydrogen (secondary N) is 1. The first kappa shape index (κ1) is 23.2. The molecule has 0 aliphatic heterocycles. The van der Waals surface area contributed by atoms with E-state index in [1.165, 1.54) is 30.6 Å². The van der Waals surface area contributed by atoms with Gasteiger partial charge in [-0.05, 0) is 24.3 Å². The van der Waals surface area contributed by atoms with E-state index in [0.29, 0.717) is 22.3 Å². The third kappa shape index (κ3) is 5.21. The number of carbonyl (C=O) groups is 2. The lowest BCUT2D eigenvalue weighted by Crippen LogP contribution is -2.21. The summed E-state index contributed by atoms with van der Waals surface area (Å²) in [5.41, 5.74) is 7.45. The Labute approximate surface area is 193 Å². The molecule has 0 saturated carbocycles. The molecule has 0 unspecified atom stereocenters. The molecule has 0 atom stereocenters. The van der Waals surface area contributed by atoms with Crippen molar-refractivity contribution >= 4 is 45.6 Å². The van der Waals surface area contributed by atoms with Crippen molar-refractivity contribution in [3.63, 3.8) is 0 Å². The minimum Gasteiger partial charge on any atom is -0.496 e. The number of esters is 1. The molecular weight excluding hydrogens is 458 g/mol. The zero-order valence-electron chi connectivity index (χ0n) is 17.4. The van der Waals surface area contributed by atoms with Crippen molar-refractivity contribution in [2.24, 2.45) is 0 Å². The minimum absolute atomic E-state index is 0.0597. The Morgan fingerprint density at radius 2 is 1.78 bits per heavy atom. The molecule has 11 heteroatoms. The van der Waals surface area contributed by atoms with Crippen LogP contribution in [0.2, 0.25) is 5.02 Å². The summed E-state index contributed by atoms with van der Waals surface area (Å²) < 4.78 is 20.7. The van der Waals surface area contributed by atoms with Crippen molar-refractivity contribution in [1.29, 1.82) is 0 Å². The molecule has 1 heterocycles. The fourth-order valence-corrected chi connectivity index (χ4v) is 3.62. The van der Waals surface area contributed by atoms with Gasteiger partial charge in [-0.3, -0.25) is 10.1 Å². The lowest BCUT2D eigenvalue weighted by molar-refractivity contribution is -0.119. The van der Waals surface area contributed by atoms with Crippen LogP contribution in [0.4, 0.5) is 10.8 Å². The minimum atomic E-state index is -0.774. The summed E-state index contributed by atoms with van der Waals surface area (Å²) >= 11 is 7.19. The van der Waals surface area contributed by atoms with E-state index in [4.69, 9.17) is 36.3 Å². The topological polar surface area (TPSA) is 122 Å². The predicted octanol–water partition coefficient (Wildman–Crippen LogP) is 3.87. The Hall–Kier alpha value is -3.50. The number of hydrogen-bond acceptors (Lipinski definition) is 9. The van der Waals surface area contributed by atoms with Gasteiger partial charge in [-0.25, -0.2) is 9.78 Å². The third-order valence-electron chi connectivity index (χ3n) is 4.30. The van der Waals surface area contributed by atoms with E-state index in [-0.39, 0.29) is 22.0 Å². The number of rotatable bonds is 8. The van der Waals surface area contributed by atoms with Crippen molar-refractivity contribution < 1.29 is 28.5 Å². The highest BCUT2D eigenvalue weighted by atomic mass is 35.5. The molecule has 2 aromatic carbocycles. The summed E-state index contributed by atoms with van der Waals surface area (Å²) in [6.45, 7) is -0.519. The van der Waals surface area contributed by atoms with Crippen LogP contribution in [0.15, 0.2) is 35.7 Å². The number of halogens is 1. The normalized spacial score (nSPS) is 10.4.